The maximum Gasteiger partial charge on any atom is 0.321 e. The number of aldehydes is 1. The molecule has 1 aliphatic rings. The summed E-state index contributed by atoms with van der Waals surface area (Å²) in [5.74, 6) is -4.66. The van der Waals surface area contributed by atoms with E-state index in [2.05, 4.69) is 42.2 Å². The van der Waals surface area contributed by atoms with E-state index in [1.807, 2.05) is 41.3 Å². The van der Waals surface area contributed by atoms with Crippen molar-refractivity contribution in [2.24, 2.45) is 10.7 Å². The monoisotopic (exact) mass is 1200 g/mol. The number of unbranched alkanes of at least 4 members (excludes halogenated alkanes) is 3. The number of hydrogen-bond donors (Lipinski definition) is 12. The van der Waals surface area contributed by atoms with Crippen LogP contribution in [0.3, 0.4) is 0 Å². The molecule has 0 spiro atoms. The van der Waals surface area contributed by atoms with Gasteiger partial charge in [-0.15, -0.1) is 0 Å². The molecule has 1 heterocycles. The minimum absolute atomic E-state index is 0.0757. The van der Waals surface area contributed by atoms with Crippen LogP contribution in [0.25, 0.3) is 0 Å². The Labute approximate surface area is 501 Å². The number of carboxylic acid groups (broad SMARTS) is 3. The fraction of sp³-hybridized carbons (Fsp3) is 0.525. The average molecular weight is 1200 g/mol. The van der Waals surface area contributed by atoms with Crippen molar-refractivity contribution in [1.29, 1.82) is 0 Å². The van der Waals surface area contributed by atoms with Crippen LogP contribution in [0.1, 0.15) is 87.3 Å². The number of phenolic OH excluding ortho intramolecular Hbond substituents is 1. The Hall–Kier alpha value is -8.24. The van der Waals surface area contributed by atoms with Crippen molar-refractivity contribution >= 4 is 59.8 Å². The topological polar surface area (TPSA) is 379 Å². The van der Waals surface area contributed by atoms with E-state index in [0.717, 1.165) is 11.8 Å². The van der Waals surface area contributed by atoms with Gasteiger partial charge in [0.05, 0.1) is 32.2 Å². The second-order valence-corrected chi connectivity index (χ2v) is 20.7. The molecule has 6 amide bonds. The zero-order chi connectivity index (χ0) is 62.5. The summed E-state index contributed by atoms with van der Waals surface area (Å²) < 4.78 is 6.13. The van der Waals surface area contributed by atoms with E-state index in [1.165, 1.54) is 12.1 Å². The summed E-state index contributed by atoms with van der Waals surface area (Å²) in [6.45, 7) is 4.98. The van der Waals surface area contributed by atoms with E-state index in [-0.39, 0.29) is 115 Å². The summed E-state index contributed by atoms with van der Waals surface area (Å²) in [5.41, 5.74) is 7.96. The smallest absolute Gasteiger partial charge is 0.321 e. The number of hydrogen-bond acceptors (Lipinski definition) is 17. The van der Waals surface area contributed by atoms with Gasteiger partial charge in [-0.2, -0.15) is 0 Å². The Morgan fingerprint density at radius 1 is 0.640 bits per heavy atom. The average Bonchev–Trinajstić information content (AvgIpc) is 2.39. The van der Waals surface area contributed by atoms with Gasteiger partial charge in [-0.1, -0.05) is 67.9 Å². The number of nitrogens with zero attached hydrogens (tertiary/aromatic N) is 5. The van der Waals surface area contributed by atoms with Crippen LogP contribution >= 0.6 is 0 Å². The van der Waals surface area contributed by atoms with Crippen LogP contribution in [0.2, 0.25) is 0 Å². The predicted molar refractivity (Wildman–Crippen MR) is 320 cm³/mol. The molecule has 3 aromatic carbocycles. The first-order chi connectivity index (χ1) is 41.4. The third-order valence-electron chi connectivity index (χ3n) is 13.9. The lowest BCUT2D eigenvalue weighted by atomic mass is 9.90. The number of carboxylic acids is 3. The number of benzene rings is 3. The molecule has 0 radical (unpaired) electrons. The van der Waals surface area contributed by atoms with Crippen LogP contribution in [-0.2, 0) is 44.9 Å². The second kappa shape index (κ2) is 40.1. The summed E-state index contributed by atoms with van der Waals surface area (Å²) in [4.78, 5) is 123. The van der Waals surface area contributed by atoms with Crippen LogP contribution in [0.5, 0.6) is 11.5 Å². The maximum atomic E-state index is 14.5. The number of urea groups is 1. The Kier molecular flexibility index (Phi) is 32.8. The largest absolute Gasteiger partial charge is 0.508 e. The standard InChI is InChI=1S/C59H87N13O14/c1-2-50(75)63-26-27-65-59(85)68-58(60)64-25-12-17-48(56(83)66-38-43-19-21-46(74)22-20-43)67-57(84)55(44-13-5-3-6-14-44)45-15-11-16-47(37-45)86-36-10-9-24-62-51(76)18-7-4-8-23-61-49(42-73)72-34-32-70(40-53(79)80)30-28-69(39-52(77)78)29-31-71(33-35-72)41-54(81)82/h3,5-6,11,13-16,19-22,37,42,48-49,55,61,74H,2,4,7-10,12,17-18,23-36,38-41H2,1H3,(H,62,76)(H,63,75)(H,66,83)(H,67,84)(H,77,78)(H,79,80)(H,81,82)(H4,60,64,65,68,85)/t48-,49?,55+/m1/s1. The van der Waals surface area contributed by atoms with Gasteiger partial charge in [0.2, 0.25) is 23.6 Å². The van der Waals surface area contributed by atoms with Crippen molar-refractivity contribution in [2.45, 2.75) is 89.4 Å². The van der Waals surface area contributed by atoms with E-state index in [1.54, 1.807) is 52.0 Å². The SMILES string of the molecule is CCC(=O)NCCNC(=O)NC(N)=NCCC[C@@H](NC(=O)[C@@H](c1ccccc1)c1cccc(OCCCCNC(=O)CCCCCNC(C=O)N2CCN(CC(=O)O)CCN(CC(=O)O)CCN(CC(=O)O)CC2)c1)C(=O)NCc1ccc(O)cc1. The summed E-state index contributed by atoms with van der Waals surface area (Å²) in [6, 6.07) is 21.0. The highest BCUT2D eigenvalue weighted by Crippen LogP contribution is 2.28. The molecule has 0 aromatic heterocycles. The molecule has 86 heavy (non-hydrogen) atoms. The molecule has 3 aromatic rings. The molecular weight excluding hydrogens is 1110 g/mol. The zero-order valence-corrected chi connectivity index (χ0v) is 49.1. The maximum absolute atomic E-state index is 14.5. The molecule has 0 aliphatic carbocycles. The number of carbonyl (C=O) groups is 9. The van der Waals surface area contributed by atoms with Crippen molar-refractivity contribution in [3.63, 3.8) is 0 Å². The van der Waals surface area contributed by atoms with Crippen LogP contribution in [-0.4, -0.2) is 223 Å². The van der Waals surface area contributed by atoms with Gasteiger partial charge in [-0.05, 0) is 86.0 Å². The molecule has 0 saturated carbocycles. The summed E-state index contributed by atoms with van der Waals surface area (Å²) in [6.07, 6.45) is 4.35. The predicted octanol–water partition coefficient (Wildman–Crippen LogP) is 0.671. The highest BCUT2D eigenvalue weighted by molar-refractivity contribution is 5.95. The van der Waals surface area contributed by atoms with Gasteiger partial charge in [0.1, 0.15) is 23.7 Å². The number of aromatic hydroxyl groups is 1. The number of ether oxygens (including phenoxy) is 1. The molecule has 472 valence electrons. The number of nitrogens with one attached hydrogen (secondary N) is 7. The van der Waals surface area contributed by atoms with Gasteiger partial charge in [0.25, 0.3) is 0 Å². The van der Waals surface area contributed by atoms with E-state index in [4.69, 9.17) is 10.5 Å². The number of aliphatic imine (C=N–C) groups is 1. The van der Waals surface area contributed by atoms with Crippen LogP contribution in [0.4, 0.5) is 4.79 Å². The molecule has 1 unspecified atom stereocenters. The molecule has 0 bridgehead atoms. The Bertz CT molecular complexity index is 2600. The van der Waals surface area contributed by atoms with Crippen LogP contribution < -0.4 is 47.7 Å². The number of phenols is 1. The van der Waals surface area contributed by atoms with Crippen molar-refractivity contribution in [3.05, 3.63) is 95.6 Å². The number of nitrogens with two attached hydrogens (primary N) is 1. The van der Waals surface area contributed by atoms with Gasteiger partial charge in [0, 0.05) is 97.9 Å². The molecule has 13 N–H and O–H groups in total. The highest BCUT2D eigenvalue weighted by atomic mass is 16.5. The molecule has 1 fully saturated rings. The van der Waals surface area contributed by atoms with Gasteiger partial charge in [-0.25, -0.2) is 4.79 Å². The van der Waals surface area contributed by atoms with Gasteiger partial charge in [0.15, 0.2) is 12.2 Å². The molecule has 27 nitrogen and oxygen atoms in total. The third kappa shape index (κ3) is 29.0. The number of aliphatic carboxylic acids is 3. The molecule has 1 aliphatic heterocycles. The van der Waals surface area contributed by atoms with Crippen molar-refractivity contribution in [2.75, 3.05) is 111 Å². The first-order valence-electron chi connectivity index (χ1n) is 29.2. The molecule has 1 saturated heterocycles. The zero-order valence-electron chi connectivity index (χ0n) is 49.1. The van der Waals surface area contributed by atoms with Crippen LogP contribution in [0.15, 0.2) is 83.9 Å². The summed E-state index contributed by atoms with van der Waals surface area (Å²) in [7, 11) is 0. The fourth-order valence-electron chi connectivity index (χ4n) is 9.29. The molecular formula is C59H87N13O14. The van der Waals surface area contributed by atoms with Gasteiger partial charge in [-0.3, -0.25) is 68.8 Å². The van der Waals surface area contributed by atoms with E-state index >= 15 is 0 Å². The molecule has 3 atom stereocenters. The highest BCUT2D eigenvalue weighted by Gasteiger charge is 2.29. The Morgan fingerprint density at radius 3 is 1.85 bits per heavy atom. The normalized spacial score (nSPS) is 15.1. The van der Waals surface area contributed by atoms with Crippen LogP contribution in [0, 0.1) is 0 Å². The van der Waals surface area contributed by atoms with Crippen molar-refractivity contribution < 1.29 is 68.3 Å². The summed E-state index contributed by atoms with van der Waals surface area (Å²) >= 11 is 0. The van der Waals surface area contributed by atoms with Crippen molar-refractivity contribution in [1.82, 2.24) is 56.8 Å². The molecule has 4 rings (SSSR count). The molecule has 27 heteroatoms. The third-order valence-corrected chi connectivity index (χ3v) is 13.9. The first-order valence-corrected chi connectivity index (χ1v) is 29.2. The Balaban J connectivity index is 1.24. The minimum Gasteiger partial charge on any atom is -0.508 e. The number of amides is 6. The fourth-order valence-corrected chi connectivity index (χ4v) is 9.29. The lowest BCUT2D eigenvalue weighted by Crippen LogP contribution is -2.54. The second-order valence-electron chi connectivity index (χ2n) is 20.7. The minimum atomic E-state index is -1.04. The first kappa shape index (κ1) is 70.2. The van der Waals surface area contributed by atoms with E-state index < -0.39 is 53.9 Å². The lowest BCUT2D eigenvalue weighted by Gasteiger charge is -2.35. The number of guanidine groups is 1. The quantitative estimate of drug-likeness (QED) is 0.0165. The number of rotatable bonds is 36. The Morgan fingerprint density at radius 2 is 1.23 bits per heavy atom. The van der Waals surface area contributed by atoms with Crippen molar-refractivity contribution in [3.8, 4) is 11.5 Å². The van der Waals surface area contributed by atoms with Gasteiger partial charge < -0.3 is 62.3 Å². The number of carbonyl (C=O) groups excluding carboxylic acids is 6. The van der Waals surface area contributed by atoms with E-state index in [9.17, 15) is 63.6 Å². The summed E-state index contributed by atoms with van der Waals surface area (Å²) in [5, 5.41) is 58.0. The van der Waals surface area contributed by atoms with E-state index in [0.29, 0.717) is 101 Å². The lowest BCUT2D eigenvalue weighted by molar-refractivity contribution is -0.140. The van der Waals surface area contributed by atoms with Gasteiger partial charge >= 0.3 is 23.9 Å².